The Hall–Kier alpha value is -2.66. The Kier molecular flexibility index (Phi) is 5.93. The van der Waals surface area contributed by atoms with E-state index in [1.807, 2.05) is 4.90 Å². The number of hydrogen-bond donors (Lipinski definition) is 1. The number of esters is 1. The lowest BCUT2D eigenvalue weighted by molar-refractivity contribution is -0.132. The Morgan fingerprint density at radius 1 is 1.24 bits per heavy atom. The number of hydrogen-bond acceptors (Lipinski definition) is 6. The van der Waals surface area contributed by atoms with E-state index in [1.54, 1.807) is 11.8 Å². The van der Waals surface area contributed by atoms with Crippen molar-refractivity contribution in [2.45, 2.75) is 20.3 Å². The van der Waals surface area contributed by atoms with E-state index in [-0.39, 0.29) is 23.7 Å². The topological polar surface area (TPSA) is 106 Å². The number of nitrogens with zero attached hydrogens (tertiary/aromatic N) is 3. The number of nitrogens with one attached hydrogen (secondary N) is 1. The van der Waals surface area contributed by atoms with Crippen molar-refractivity contribution in [1.82, 2.24) is 14.8 Å². The molecule has 1 aliphatic heterocycles. The molecule has 134 valence electrons. The van der Waals surface area contributed by atoms with Gasteiger partial charge in [0.25, 0.3) is 0 Å². The standard InChI is InChI=1S/C17H22N4O4/c1-11-15(17(24)25-3)13(19-16(11)12(2)22)10-14(23)21-8-6-20(5-4-18)7-9-21/h19H,5-10H2,1-3H3. The van der Waals surface area contributed by atoms with Gasteiger partial charge in [0.05, 0.1) is 37.4 Å². The molecule has 1 amide bonds. The van der Waals surface area contributed by atoms with Crippen molar-refractivity contribution in [1.29, 1.82) is 5.26 Å². The highest BCUT2D eigenvalue weighted by atomic mass is 16.5. The molecule has 0 spiro atoms. The van der Waals surface area contributed by atoms with Crippen LogP contribution in [0.15, 0.2) is 0 Å². The molecule has 2 rings (SSSR count). The number of rotatable bonds is 5. The van der Waals surface area contributed by atoms with Crippen molar-refractivity contribution in [3.05, 3.63) is 22.5 Å². The van der Waals surface area contributed by atoms with Gasteiger partial charge in [-0.3, -0.25) is 14.5 Å². The number of amides is 1. The minimum absolute atomic E-state index is 0.00317. The fourth-order valence-electron chi connectivity index (χ4n) is 3.04. The summed E-state index contributed by atoms with van der Waals surface area (Å²) < 4.78 is 4.79. The van der Waals surface area contributed by atoms with Gasteiger partial charge in [-0.15, -0.1) is 0 Å². The van der Waals surface area contributed by atoms with Crippen molar-refractivity contribution < 1.29 is 19.1 Å². The Morgan fingerprint density at radius 2 is 1.88 bits per heavy atom. The Morgan fingerprint density at radius 3 is 2.40 bits per heavy atom. The lowest BCUT2D eigenvalue weighted by Crippen LogP contribution is -2.49. The predicted octanol–water partition coefficient (Wildman–Crippen LogP) is 0.523. The number of Topliss-reactive ketones (excluding diaryl/α,β-unsaturated/α-hetero) is 1. The van der Waals surface area contributed by atoms with Gasteiger partial charge in [0, 0.05) is 38.8 Å². The number of nitriles is 1. The summed E-state index contributed by atoms with van der Waals surface area (Å²) in [4.78, 5) is 42.9. The first-order valence-corrected chi connectivity index (χ1v) is 8.06. The molecular formula is C17H22N4O4. The molecule has 25 heavy (non-hydrogen) atoms. The second kappa shape index (κ2) is 7.94. The maximum atomic E-state index is 12.6. The molecular weight excluding hydrogens is 324 g/mol. The summed E-state index contributed by atoms with van der Waals surface area (Å²) in [7, 11) is 1.27. The molecule has 0 saturated carbocycles. The van der Waals surface area contributed by atoms with E-state index in [9.17, 15) is 14.4 Å². The van der Waals surface area contributed by atoms with Gasteiger partial charge in [0.15, 0.2) is 5.78 Å². The van der Waals surface area contributed by atoms with E-state index in [0.717, 1.165) is 0 Å². The monoisotopic (exact) mass is 346 g/mol. The number of aromatic nitrogens is 1. The maximum absolute atomic E-state index is 12.6. The summed E-state index contributed by atoms with van der Waals surface area (Å²) in [6, 6.07) is 2.10. The van der Waals surface area contributed by atoms with Crippen LogP contribution in [0.4, 0.5) is 0 Å². The number of ketones is 1. The summed E-state index contributed by atoms with van der Waals surface area (Å²) in [5.41, 5.74) is 1.48. The third-order valence-corrected chi connectivity index (χ3v) is 4.42. The van der Waals surface area contributed by atoms with Crippen LogP contribution in [0, 0.1) is 18.3 Å². The van der Waals surface area contributed by atoms with Gasteiger partial charge in [-0.05, 0) is 12.5 Å². The number of carbonyl (C=O) groups is 3. The summed E-state index contributed by atoms with van der Waals surface area (Å²) in [5.74, 6) is -0.896. The fourth-order valence-corrected chi connectivity index (χ4v) is 3.04. The summed E-state index contributed by atoms with van der Waals surface area (Å²) >= 11 is 0. The van der Waals surface area contributed by atoms with Crippen molar-refractivity contribution in [2.75, 3.05) is 39.8 Å². The largest absolute Gasteiger partial charge is 0.465 e. The van der Waals surface area contributed by atoms with Gasteiger partial charge in [-0.1, -0.05) is 0 Å². The highest BCUT2D eigenvalue weighted by Gasteiger charge is 2.27. The third-order valence-electron chi connectivity index (χ3n) is 4.42. The quantitative estimate of drug-likeness (QED) is 0.473. The Balaban J connectivity index is 2.15. The second-order valence-electron chi connectivity index (χ2n) is 6.02. The van der Waals surface area contributed by atoms with E-state index in [4.69, 9.17) is 10.00 Å². The SMILES string of the molecule is COC(=O)c1c(CC(=O)N2CCN(CC#N)CC2)[nH]c(C(C)=O)c1C. The average molecular weight is 346 g/mol. The van der Waals surface area contributed by atoms with E-state index < -0.39 is 5.97 Å². The van der Waals surface area contributed by atoms with Crippen LogP contribution >= 0.6 is 0 Å². The average Bonchev–Trinajstić information content (AvgIpc) is 2.91. The minimum atomic E-state index is -0.567. The molecule has 1 saturated heterocycles. The van der Waals surface area contributed by atoms with Crippen LogP contribution in [0.2, 0.25) is 0 Å². The number of methoxy groups -OCH3 is 1. The van der Waals surface area contributed by atoms with Gasteiger partial charge in [-0.25, -0.2) is 4.79 Å². The third kappa shape index (κ3) is 4.06. The lowest BCUT2D eigenvalue weighted by Gasteiger charge is -2.33. The molecule has 1 aromatic rings. The summed E-state index contributed by atoms with van der Waals surface area (Å²) in [5, 5.41) is 8.72. The maximum Gasteiger partial charge on any atom is 0.339 e. The molecule has 2 heterocycles. The molecule has 1 fully saturated rings. The fraction of sp³-hybridized carbons (Fsp3) is 0.529. The van der Waals surface area contributed by atoms with E-state index in [0.29, 0.717) is 49.7 Å². The molecule has 8 nitrogen and oxygen atoms in total. The molecule has 0 atom stereocenters. The van der Waals surface area contributed by atoms with Crippen LogP contribution in [0.5, 0.6) is 0 Å². The van der Waals surface area contributed by atoms with Gasteiger partial charge >= 0.3 is 5.97 Å². The lowest BCUT2D eigenvalue weighted by atomic mass is 10.1. The highest BCUT2D eigenvalue weighted by Crippen LogP contribution is 2.21. The van der Waals surface area contributed by atoms with Crippen molar-refractivity contribution in [3.63, 3.8) is 0 Å². The molecule has 0 unspecified atom stereocenters. The Bertz CT molecular complexity index is 724. The molecule has 1 aliphatic rings. The van der Waals surface area contributed by atoms with E-state index in [1.165, 1.54) is 14.0 Å². The van der Waals surface area contributed by atoms with Crippen LogP contribution in [0.25, 0.3) is 0 Å². The zero-order valence-corrected chi connectivity index (χ0v) is 14.7. The van der Waals surface area contributed by atoms with Gasteiger partial charge in [-0.2, -0.15) is 5.26 Å². The van der Waals surface area contributed by atoms with Crippen LogP contribution in [-0.2, 0) is 16.0 Å². The number of aromatic amines is 1. The van der Waals surface area contributed by atoms with Crippen LogP contribution in [-0.4, -0.2) is 72.3 Å². The minimum Gasteiger partial charge on any atom is -0.465 e. The predicted molar refractivity (Wildman–Crippen MR) is 89.2 cm³/mol. The van der Waals surface area contributed by atoms with Crippen LogP contribution in [0.3, 0.4) is 0 Å². The first kappa shape index (κ1) is 18.7. The molecule has 0 bridgehead atoms. The molecule has 8 heteroatoms. The molecule has 1 N–H and O–H groups in total. The highest BCUT2D eigenvalue weighted by molar-refractivity contribution is 6.01. The number of ether oxygens (including phenoxy) is 1. The first-order chi connectivity index (χ1) is 11.9. The molecule has 0 aliphatic carbocycles. The van der Waals surface area contributed by atoms with E-state index >= 15 is 0 Å². The first-order valence-electron chi connectivity index (χ1n) is 8.06. The number of carbonyl (C=O) groups excluding carboxylic acids is 3. The zero-order chi connectivity index (χ0) is 18.6. The van der Waals surface area contributed by atoms with E-state index in [2.05, 4.69) is 11.1 Å². The molecule has 0 radical (unpaired) electrons. The number of H-pyrrole nitrogens is 1. The summed E-state index contributed by atoms with van der Waals surface area (Å²) in [6.07, 6.45) is -0.00317. The van der Waals surface area contributed by atoms with Crippen molar-refractivity contribution >= 4 is 17.7 Å². The van der Waals surface area contributed by atoms with Crippen molar-refractivity contribution in [2.24, 2.45) is 0 Å². The van der Waals surface area contributed by atoms with Crippen molar-refractivity contribution in [3.8, 4) is 6.07 Å². The molecule has 1 aromatic heterocycles. The van der Waals surface area contributed by atoms with Gasteiger partial charge < -0.3 is 14.6 Å². The molecule has 0 aromatic carbocycles. The smallest absolute Gasteiger partial charge is 0.339 e. The summed E-state index contributed by atoms with van der Waals surface area (Å²) in [6.45, 7) is 5.78. The zero-order valence-electron chi connectivity index (χ0n) is 14.7. The van der Waals surface area contributed by atoms with Gasteiger partial charge in [0.1, 0.15) is 0 Å². The van der Waals surface area contributed by atoms with Gasteiger partial charge in [0.2, 0.25) is 5.91 Å². The Labute approximate surface area is 146 Å². The number of piperazine rings is 1. The normalized spacial score (nSPS) is 14.9. The van der Waals surface area contributed by atoms with Crippen LogP contribution in [0.1, 0.15) is 39.0 Å². The second-order valence-corrected chi connectivity index (χ2v) is 6.02. The van der Waals surface area contributed by atoms with Crippen LogP contribution < -0.4 is 0 Å².